The number of halogens is 3. The van der Waals surface area contributed by atoms with Crippen molar-refractivity contribution < 1.29 is 8.78 Å². The molecule has 1 N–H and O–H groups in total. The number of fused-ring (bicyclic) bond motifs is 1. The number of anilines is 1. The van der Waals surface area contributed by atoms with Gasteiger partial charge in [-0.3, -0.25) is 0 Å². The lowest BCUT2D eigenvalue weighted by Gasteiger charge is -2.45. The quantitative estimate of drug-likeness (QED) is 0.595. The van der Waals surface area contributed by atoms with Gasteiger partial charge in [-0.15, -0.1) is 12.4 Å². The second-order valence-corrected chi connectivity index (χ2v) is 6.36. The van der Waals surface area contributed by atoms with Crippen molar-refractivity contribution in [3.05, 3.63) is 64.9 Å². The number of nitrogens with zero attached hydrogens (tertiary/aromatic N) is 2. The molecule has 3 rings (SSSR count). The minimum atomic E-state index is -0.832. The highest BCUT2D eigenvalue weighted by atomic mass is 35.5. The molecule has 2 atom stereocenters. The van der Waals surface area contributed by atoms with Gasteiger partial charge in [-0.05, 0) is 38.2 Å². The first-order valence-electron chi connectivity index (χ1n) is 8.54. The summed E-state index contributed by atoms with van der Waals surface area (Å²) >= 11 is 0. The van der Waals surface area contributed by atoms with E-state index in [0.29, 0.717) is 30.8 Å². The van der Waals surface area contributed by atoms with Crippen LogP contribution in [0.15, 0.2) is 42.5 Å². The van der Waals surface area contributed by atoms with Crippen molar-refractivity contribution in [2.45, 2.75) is 19.4 Å². The standard InChI is InChI=1S/C19H23F2N3O.ClH/c1-3-23-13-24(25,19-16(21)8-5-9-17(19)23)18(10-11-22-2)14-6-4-7-15(20)12-14;/h4-9,12,18,22H,3,10-11,13H2,1-2H3;1H/t18-,24?;/m1./s1. The van der Waals surface area contributed by atoms with E-state index in [9.17, 15) is 14.0 Å². The molecule has 0 aliphatic carbocycles. The van der Waals surface area contributed by atoms with Gasteiger partial charge in [0.05, 0.1) is 0 Å². The molecule has 0 fully saturated rings. The largest absolute Gasteiger partial charge is 0.625 e. The highest BCUT2D eigenvalue weighted by molar-refractivity contribution is 5.85. The summed E-state index contributed by atoms with van der Waals surface area (Å²) in [6.07, 6.45) is 0.481. The summed E-state index contributed by atoms with van der Waals surface area (Å²) in [6.45, 7) is 3.26. The Labute approximate surface area is 159 Å². The van der Waals surface area contributed by atoms with Gasteiger partial charge in [-0.25, -0.2) is 8.78 Å². The molecule has 1 heterocycles. The lowest BCUT2D eigenvalue weighted by Crippen LogP contribution is -2.49. The molecular formula is C19H24ClF2N3O. The molecule has 7 heteroatoms. The normalized spacial score (nSPS) is 19.8. The SMILES string of the molecule is CCN1C[N+]([O-])([C@H](CCNC)c2cccc(F)c2)c2c(F)cccc21.Cl. The molecular weight excluding hydrogens is 360 g/mol. The number of rotatable bonds is 6. The molecule has 0 spiro atoms. The van der Waals surface area contributed by atoms with E-state index in [1.54, 1.807) is 31.3 Å². The summed E-state index contributed by atoms with van der Waals surface area (Å²) in [5.74, 6) is -0.895. The number of para-hydroxylation sites is 1. The summed E-state index contributed by atoms with van der Waals surface area (Å²) in [7, 11) is 1.80. The number of hydrogen-bond acceptors (Lipinski definition) is 3. The number of hydrogen-bond donors (Lipinski definition) is 1. The molecule has 1 unspecified atom stereocenters. The van der Waals surface area contributed by atoms with Gasteiger partial charge in [0.2, 0.25) is 0 Å². The second kappa shape index (κ2) is 8.31. The third-order valence-corrected chi connectivity index (χ3v) is 4.85. The highest BCUT2D eigenvalue weighted by Gasteiger charge is 2.44. The van der Waals surface area contributed by atoms with Gasteiger partial charge in [-0.1, -0.05) is 18.2 Å². The maximum atomic E-state index is 14.6. The fourth-order valence-corrected chi connectivity index (χ4v) is 3.67. The Kier molecular flexibility index (Phi) is 6.58. The Bertz CT molecular complexity index is 761. The average molecular weight is 384 g/mol. The molecule has 26 heavy (non-hydrogen) atoms. The van der Waals surface area contributed by atoms with Crippen LogP contribution in [0.1, 0.15) is 24.9 Å². The monoisotopic (exact) mass is 383 g/mol. The molecule has 142 valence electrons. The van der Waals surface area contributed by atoms with Crippen molar-refractivity contribution in [1.29, 1.82) is 0 Å². The molecule has 4 nitrogen and oxygen atoms in total. The van der Waals surface area contributed by atoms with Crippen LogP contribution >= 0.6 is 12.4 Å². The van der Waals surface area contributed by atoms with Crippen molar-refractivity contribution >= 4 is 23.8 Å². The molecule has 0 saturated heterocycles. The summed E-state index contributed by atoms with van der Waals surface area (Å²) in [5, 5.41) is 17.0. The summed E-state index contributed by atoms with van der Waals surface area (Å²) in [4.78, 5) is 1.89. The predicted octanol–water partition coefficient (Wildman–Crippen LogP) is 4.34. The van der Waals surface area contributed by atoms with Crippen LogP contribution in [0.5, 0.6) is 0 Å². The molecule has 0 amide bonds. The van der Waals surface area contributed by atoms with Crippen LogP contribution < -0.4 is 14.9 Å². The van der Waals surface area contributed by atoms with Gasteiger partial charge < -0.3 is 20.1 Å². The van der Waals surface area contributed by atoms with Gasteiger partial charge >= 0.3 is 0 Å². The smallest absolute Gasteiger partial charge is 0.194 e. The van der Waals surface area contributed by atoms with Crippen LogP contribution in [0.2, 0.25) is 0 Å². The van der Waals surface area contributed by atoms with E-state index < -0.39 is 16.5 Å². The van der Waals surface area contributed by atoms with Crippen LogP contribution in [-0.4, -0.2) is 26.8 Å². The van der Waals surface area contributed by atoms with Crippen LogP contribution in [-0.2, 0) is 0 Å². The zero-order valence-electron chi connectivity index (χ0n) is 14.9. The van der Waals surface area contributed by atoms with Gasteiger partial charge in [0.15, 0.2) is 18.2 Å². The maximum absolute atomic E-state index is 14.6. The molecule has 0 saturated carbocycles. The molecule has 2 aromatic rings. The summed E-state index contributed by atoms with van der Waals surface area (Å²) < 4.78 is 27.6. The summed E-state index contributed by atoms with van der Waals surface area (Å²) in [5.41, 5.74) is 1.37. The second-order valence-electron chi connectivity index (χ2n) is 6.36. The van der Waals surface area contributed by atoms with E-state index in [0.717, 1.165) is 0 Å². The van der Waals surface area contributed by atoms with Crippen molar-refractivity contribution in [2.24, 2.45) is 0 Å². The molecule has 0 radical (unpaired) electrons. The fourth-order valence-electron chi connectivity index (χ4n) is 3.67. The fraction of sp³-hybridized carbons (Fsp3) is 0.368. The lowest BCUT2D eigenvalue weighted by molar-refractivity contribution is 0.273. The van der Waals surface area contributed by atoms with Crippen LogP contribution in [0.4, 0.5) is 20.2 Å². The van der Waals surface area contributed by atoms with Crippen molar-refractivity contribution in [2.75, 3.05) is 31.7 Å². The lowest BCUT2D eigenvalue weighted by atomic mass is 10.0. The van der Waals surface area contributed by atoms with E-state index in [4.69, 9.17) is 0 Å². The van der Waals surface area contributed by atoms with Gasteiger partial charge in [0, 0.05) is 25.1 Å². The van der Waals surface area contributed by atoms with Crippen LogP contribution in [0, 0.1) is 16.8 Å². The Balaban J connectivity index is 0.00000243. The van der Waals surface area contributed by atoms with Gasteiger partial charge in [0.1, 0.15) is 17.5 Å². The van der Waals surface area contributed by atoms with E-state index in [1.807, 2.05) is 11.8 Å². The third-order valence-electron chi connectivity index (χ3n) is 4.85. The molecule has 0 bridgehead atoms. The van der Waals surface area contributed by atoms with Crippen molar-refractivity contribution in [3.8, 4) is 0 Å². The Morgan fingerprint density at radius 3 is 2.62 bits per heavy atom. The first kappa shape index (κ1) is 20.6. The van der Waals surface area contributed by atoms with E-state index in [-0.39, 0.29) is 30.6 Å². The number of nitrogens with one attached hydrogen (secondary N) is 1. The highest BCUT2D eigenvalue weighted by Crippen LogP contribution is 2.48. The topological polar surface area (TPSA) is 38.3 Å². The molecule has 2 aromatic carbocycles. The molecule has 0 aromatic heterocycles. The molecule has 1 aliphatic heterocycles. The van der Waals surface area contributed by atoms with E-state index >= 15 is 0 Å². The predicted molar refractivity (Wildman–Crippen MR) is 104 cm³/mol. The average Bonchev–Trinajstić information content (AvgIpc) is 2.90. The first-order valence-corrected chi connectivity index (χ1v) is 8.54. The zero-order chi connectivity index (χ0) is 18.0. The Morgan fingerprint density at radius 2 is 1.96 bits per heavy atom. The van der Waals surface area contributed by atoms with Crippen molar-refractivity contribution in [1.82, 2.24) is 9.96 Å². The van der Waals surface area contributed by atoms with Crippen molar-refractivity contribution in [3.63, 3.8) is 0 Å². The molecule has 1 aliphatic rings. The maximum Gasteiger partial charge on any atom is 0.194 e. The third kappa shape index (κ3) is 3.55. The van der Waals surface area contributed by atoms with E-state index in [1.165, 1.54) is 18.2 Å². The van der Waals surface area contributed by atoms with Gasteiger partial charge in [0.25, 0.3) is 0 Å². The zero-order valence-corrected chi connectivity index (χ0v) is 15.7. The van der Waals surface area contributed by atoms with Crippen LogP contribution in [0.3, 0.4) is 0 Å². The Morgan fingerprint density at radius 1 is 1.23 bits per heavy atom. The summed E-state index contributed by atoms with van der Waals surface area (Å²) in [6, 6.07) is 10.2. The van der Waals surface area contributed by atoms with Crippen LogP contribution in [0.25, 0.3) is 0 Å². The van der Waals surface area contributed by atoms with Gasteiger partial charge in [-0.2, -0.15) is 0 Å². The Hall–Kier alpha value is -1.73. The minimum absolute atomic E-state index is 0. The van der Waals surface area contributed by atoms with E-state index in [2.05, 4.69) is 5.32 Å². The number of benzene rings is 2. The minimum Gasteiger partial charge on any atom is -0.625 e. The number of quaternary nitrogens is 1. The first-order chi connectivity index (χ1) is 12.0. The number of hydroxylamine groups is 2.